The number of benzene rings is 4. The van der Waals surface area contributed by atoms with Crippen LogP contribution in [0.15, 0.2) is 104 Å². The quantitative estimate of drug-likeness (QED) is 0.170. The number of halogens is 2. The summed E-state index contributed by atoms with van der Waals surface area (Å²) >= 11 is 9.70. The van der Waals surface area contributed by atoms with Crippen molar-refractivity contribution < 1.29 is 23.8 Å². The first-order chi connectivity index (χ1) is 20.8. The molecule has 0 saturated heterocycles. The third-order valence-corrected chi connectivity index (χ3v) is 7.41. The van der Waals surface area contributed by atoms with Gasteiger partial charge in [0.05, 0.1) is 34.3 Å². The summed E-state index contributed by atoms with van der Waals surface area (Å²) in [5.74, 6) is 0.390. The molecule has 0 bridgehead atoms. The van der Waals surface area contributed by atoms with Crippen molar-refractivity contribution in [3.05, 3.63) is 121 Å². The molecule has 214 valence electrons. The molecule has 0 atom stereocenters. The number of carboxylic acid groups (broad SMARTS) is 1. The second-order valence-corrected chi connectivity index (χ2v) is 10.7. The van der Waals surface area contributed by atoms with Gasteiger partial charge in [-0.25, -0.2) is 9.78 Å². The Morgan fingerprint density at radius 2 is 1.93 bits per heavy atom. The van der Waals surface area contributed by atoms with E-state index in [0.717, 1.165) is 5.39 Å². The number of para-hydroxylation sites is 1. The number of carbonyl (C=O) groups is 1. The fraction of sp³-hybridized carbons (Fsp3) is 0.0625. The third-order valence-electron chi connectivity index (χ3n) is 6.58. The van der Waals surface area contributed by atoms with E-state index in [9.17, 15) is 14.7 Å². The molecule has 0 spiro atoms. The van der Waals surface area contributed by atoms with E-state index in [1.54, 1.807) is 78.9 Å². The Bertz CT molecular complexity index is 2120. The van der Waals surface area contributed by atoms with Gasteiger partial charge in [-0.05, 0) is 87.7 Å². The van der Waals surface area contributed by atoms with Gasteiger partial charge in [-0.3, -0.25) is 4.79 Å². The van der Waals surface area contributed by atoms with Crippen LogP contribution in [-0.2, 0) is 6.61 Å². The zero-order chi connectivity index (χ0) is 30.1. The van der Waals surface area contributed by atoms with Gasteiger partial charge in [0, 0.05) is 10.4 Å². The maximum absolute atomic E-state index is 13.6. The van der Waals surface area contributed by atoms with Crippen molar-refractivity contribution in [2.75, 3.05) is 7.11 Å². The Labute approximate surface area is 257 Å². The number of ether oxygens (including phenoxy) is 2. The zero-order valence-electron chi connectivity index (χ0n) is 22.5. The fourth-order valence-electron chi connectivity index (χ4n) is 4.54. The molecule has 0 aliphatic rings. The number of furan rings is 1. The van der Waals surface area contributed by atoms with E-state index < -0.39 is 5.97 Å². The number of aromatic nitrogens is 2. The van der Waals surface area contributed by atoms with Crippen molar-refractivity contribution in [2.45, 2.75) is 6.61 Å². The Morgan fingerprint density at radius 1 is 1.09 bits per heavy atom. The maximum atomic E-state index is 13.6. The van der Waals surface area contributed by atoms with Crippen molar-refractivity contribution in [1.29, 1.82) is 0 Å². The van der Waals surface area contributed by atoms with Crippen LogP contribution in [0.4, 0.5) is 0 Å². The summed E-state index contributed by atoms with van der Waals surface area (Å²) in [5, 5.41) is 15.5. The first-order valence-electron chi connectivity index (χ1n) is 12.9. The van der Waals surface area contributed by atoms with Crippen LogP contribution in [0.2, 0.25) is 5.02 Å². The minimum absolute atomic E-state index is 0.119. The van der Waals surface area contributed by atoms with Gasteiger partial charge in [0.1, 0.15) is 12.2 Å². The molecule has 43 heavy (non-hydrogen) atoms. The number of aromatic carboxylic acids is 1. The van der Waals surface area contributed by atoms with Gasteiger partial charge >= 0.3 is 5.97 Å². The van der Waals surface area contributed by atoms with Crippen LogP contribution in [0.25, 0.3) is 33.5 Å². The molecule has 11 heteroatoms. The Hall–Kier alpha value is -4.93. The molecular formula is C32H21BrClN3O6. The van der Waals surface area contributed by atoms with Gasteiger partial charge in [0.15, 0.2) is 17.3 Å². The number of methoxy groups -OCH3 is 1. The summed E-state index contributed by atoms with van der Waals surface area (Å²) in [5.41, 5.74) is 2.19. The number of carboxylic acids is 1. The molecule has 1 N–H and O–H groups in total. The lowest BCUT2D eigenvalue weighted by molar-refractivity contribution is 0.0696. The molecular weight excluding hydrogens is 638 g/mol. The first-order valence-corrected chi connectivity index (χ1v) is 14.1. The molecule has 0 aliphatic heterocycles. The Kier molecular flexibility index (Phi) is 7.71. The normalized spacial score (nSPS) is 11.4. The van der Waals surface area contributed by atoms with Crippen molar-refractivity contribution in [3.8, 4) is 23.1 Å². The van der Waals surface area contributed by atoms with E-state index in [2.05, 4.69) is 21.0 Å². The first kappa shape index (κ1) is 28.2. The van der Waals surface area contributed by atoms with E-state index >= 15 is 0 Å². The molecule has 9 nitrogen and oxygen atoms in total. The molecule has 0 fully saturated rings. The molecule has 6 rings (SSSR count). The van der Waals surface area contributed by atoms with Crippen LogP contribution in [0.5, 0.6) is 11.5 Å². The minimum Gasteiger partial charge on any atom is -0.493 e. The van der Waals surface area contributed by atoms with E-state index in [1.807, 2.05) is 0 Å². The Morgan fingerprint density at radius 3 is 2.74 bits per heavy atom. The average Bonchev–Trinajstić information content (AvgIpc) is 3.43. The summed E-state index contributed by atoms with van der Waals surface area (Å²) in [6, 6.07) is 24.0. The molecule has 0 unspecified atom stereocenters. The van der Waals surface area contributed by atoms with E-state index in [1.165, 1.54) is 24.1 Å². The monoisotopic (exact) mass is 657 g/mol. The van der Waals surface area contributed by atoms with Crippen LogP contribution in [0.3, 0.4) is 0 Å². The molecule has 0 amide bonds. The molecule has 2 heterocycles. The summed E-state index contributed by atoms with van der Waals surface area (Å²) in [6.45, 7) is 0.119. The molecule has 0 aliphatic carbocycles. The van der Waals surface area contributed by atoms with Crippen LogP contribution in [0.1, 0.15) is 21.5 Å². The van der Waals surface area contributed by atoms with Crippen molar-refractivity contribution >= 4 is 61.6 Å². The smallest absolute Gasteiger partial charge is 0.335 e. The summed E-state index contributed by atoms with van der Waals surface area (Å²) in [6.07, 6.45) is 1.51. The number of hydrogen-bond acceptors (Lipinski definition) is 7. The Balaban J connectivity index is 1.37. The highest BCUT2D eigenvalue weighted by molar-refractivity contribution is 9.10. The maximum Gasteiger partial charge on any atom is 0.335 e. The highest BCUT2D eigenvalue weighted by atomic mass is 79.9. The molecule has 4 aromatic carbocycles. The predicted molar refractivity (Wildman–Crippen MR) is 168 cm³/mol. The number of fused-ring (bicyclic) bond motifs is 2. The molecule has 0 saturated carbocycles. The van der Waals surface area contributed by atoms with Crippen LogP contribution >= 0.6 is 27.5 Å². The topological polar surface area (TPSA) is 116 Å². The zero-order valence-corrected chi connectivity index (χ0v) is 24.8. The van der Waals surface area contributed by atoms with Gasteiger partial charge in [0.25, 0.3) is 5.56 Å². The van der Waals surface area contributed by atoms with Gasteiger partial charge in [0.2, 0.25) is 5.82 Å². The van der Waals surface area contributed by atoms with Crippen LogP contribution < -0.4 is 15.0 Å². The van der Waals surface area contributed by atoms with Gasteiger partial charge in [-0.1, -0.05) is 35.9 Å². The molecule has 6 aromatic rings. The van der Waals surface area contributed by atoms with Gasteiger partial charge in [-0.2, -0.15) is 9.78 Å². The average molecular weight is 659 g/mol. The van der Waals surface area contributed by atoms with Crippen molar-refractivity contribution in [3.63, 3.8) is 0 Å². The van der Waals surface area contributed by atoms with E-state index in [-0.39, 0.29) is 23.6 Å². The largest absolute Gasteiger partial charge is 0.493 e. The van der Waals surface area contributed by atoms with E-state index in [0.29, 0.717) is 54.4 Å². The molecule has 2 aromatic heterocycles. The summed E-state index contributed by atoms with van der Waals surface area (Å²) in [4.78, 5) is 29.6. The van der Waals surface area contributed by atoms with Crippen molar-refractivity contribution in [1.82, 2.24) is 9.66 Å². The lowest BCUT2D eigenvalue weighted by atomic mass is 10.1. The standard InChI is InChI=1S/C32H21BrClN3O6/c1-41-27-13-19(12-24(33)29(27)42-17-18-5-4-6-20(11-18)32(39)40)16-35-37-30(36-25-8-3-2-7-23(25)31(37)38)28-15-21-14-22(34)9-10-26(21)43-28/h2-16H,17H2,1H3,(H,39,40). The second-order valence-electron chi connectivity index (χ2n) is 9.44. The van der Waals surface area contributed by atoms with Gasteiger partial charge in [-0.15, -0.1) is 0 Å². The number of hydrogen-bond donors (Lipinski definition) is 1. The summed E-state index contributed by atoms with van der Waals surface area (Å²) < 4.78 is 19.3. The van der Waals surface area contributed by atoms with Gasteiger partial charge < -0.3 is 19.0 Å². The van der Waals surface area contributed by atoms with E-state index in [4.69, 9.17) is 30.5 Å². The predicted octanol–water partition coefficient (Wildman–Crippen LogP) is 7.39. The minimum atomic E-state index is -1.02. The SMILES string of the molecule is COc1cc(C=Nn2c(-c3cc4cc(Cl)ccc4o3)nc3ccccc3c2=O)cc(Br)c1OCc1cccc(C(=O)O)c1. The second kappa shape index (κ2) is 11.7. The van der Waals surface area contributed by atoms with Crippen LogP contribution in [0, 0.1) is 0 Å². The highest BCUT2D eigenvalue weighted by Gasteiger charge is 2.17. The number of nitrogens with zero attached hydrogens (tertiary/aromatic N) is 3. The number of rotatable bonds is 8. The lowest BCUT2D eigenvalue weighted by Crippen LogP contribution is -2.20. The van der Waals surface area contributed by atoms with Crippen molar-refractivity contribution in [2.24, 2.45) is 5.10 Å². The summed E-state index contributed by atoms with van der Waals surface area (Å²) in [7, 11) is 1.50. The molecule has 0 radical (unpaired) electrons. The third kappa shape index (κ3) is 5.75. The van der Waals surface area contributed by atoms with Crippen LogP contribution in [-0.4, -0.2) is 34.1 Å². The fourth-order valence-corrected chi connectivity index (χ4v) is 5.30. The lowest BCUT2D eigenvalue weighted by Gasteiger charge is -2.14. The highest BCUT2D eigenvalue weighted by Crippen LogP contribution is 2.37.